The maximum absolute atomic E-state index is 11.5. The van der Waals surface area contributed by atoms with Crippen LogP contribution < -0.4 is 11.1 Å². The maximum atomic E-state index is 11.5. The van der Waals surface area contributed by atoms with Crippen molar-refractivity contribution in [2.24, 2.45) is 23.5 Å². The molecule has 0 aromatic heterocycles. The van der Waals surface area contributed by atoms with Crippen molar-refractivity contribution in [3.63, 3.8) is 0 Å². The first kappa shape index (κ1) is 12.9. The Morgan fingerprint density at radius 1 is 1.22 bits per heavy atom. The van der Waals surface area contributed by atoms with Gasteiger partial charge < -0.3 is 10.5 Å². The zero-order valence-corrected chi connectivity index (χ0v) is 10.2. The van der Waals surface area contributed by atoms with Crippen LogP contribution in [0.5, 0.6) is 0 Å². The van der Waals surface area contributed by atoms with Crippen LogP contribution in [0, 0.1) is 17.8 Å². The Hall–Kier alpha value is -1.59. The number of ether oxygens (including phenoxy) is 1. The number of fused-ring (bicyclic) bond motifs is 2. The van der Waals surface area contributed by atoms with Gasteiger partial charge in [0.25, 0.3) is 5.91 Å². The highest BCUT2D eigenvalue weighted by Crippen LogP contribution is 2.49. The average Bonchev–Trinajstić information content (AvgIpc) is 2.87. The highest BCUT2D eigenvalue weighted by Gasteiger charge is 2.40. The van der Waals surface area contributed by atoms with Crippen molar-refractivity contribution in [3.05, 3.63) is 0 Å². The second-order valence-electron chi connectivity index (χ2n) is 5.21. The SMILES string of the molecule is NC(=O)NC(=O)COC(=O)C[C@@H]1C[C@H]2CC[C@H]1C2. The molecule has 3 N–H and O–H groups in total. The zero-order chi connectivity index (χ0) is 13.1. The molecule has 6 nitrogen and oxygen atoms in total. The number of urea groups is 1. The number of esters is 1. The molecule has 18 heavy (non-hydrogen) atoms. The van der Waals surface area contributed by atoms with Crippen LogP contribution in [0.2, 0.25) is 0 Å². The van der Waals surface area contributed by atoms with E-state index in [-0.39, 0.29) is 5.97 Å². The molecule has 0 aromatic rings. The summed E-state index contributed by atoms with van der Waals surface area (Å²) in [5.74, 6) is 0.791. The number of nitrogens with one attached hydrogen (secondary N) is 1. The number of hydrogen-bond donors (Lipinski definition) is 2. The van der Waals surface area contributed by atoms with Gasteiger partial charge in [-0.2, -0.15) is 0 Å². The number of imide groups is 1. The molecule has 100 valence electrons. The highest BCUT2D eigenvalue weighted by molar-refractivity contribution is 5.94. The Bertz CT molecular complexity index is 369. The molecule has 2 saturated carbocycles. The number of nitrogens with two attached hydrogens (primary N) is 1. The van der Waals surface area contributed by atoms with E-state index >= 15 is 0 Å². The van der Waals surface area contributed by atoms with Gasteiger partial charge in [-0.05, 0) is 37.0 Å². The van der Waals surface area contributed by atoms with Crippen molar-refractivity contribution in [1.29, 1.82) is 0 Å². The summed E-state index contributed by atoms with van der Waals surface area (Å²) in [6, 6.07) is -0.941. The molecule has 3 atom stereocenters. The molecule has 2 aliphatic carbocycles. The van der Waals surface area contributed by atoms with Crippen LogP contribution in [0.1, 0.15) is 32.1 Å². The predicted octanol–water partition coefficient (Wildman–Crippen LogP) is 0.551. The third kappa shape index (κ3) is 3.21. The highest BCUT2D eigenvalue weighted by atomic mass is 16.5. The minimum atomic E-state index is -0.941. The van der Waals surface area contributed by atoms with Gasteiger partial charge in [-0.25, -0.2) is 4.79 Å². The molecule has 0 aromatic carbocycles. The lowest BCUT2D eigenvalue weighted by atomic mass is 9.86. The number of carbonyl (C=O) groups excluding carboxylic acids is 3. The van der Waals surface area contributed by atoms with Gasteiger partial charge in [-0.1, -0.05) is 6.42 Å². The summed E-state index contributed by atoms with van der Waals surface area (Å²) in [6.07, 6.45) is 5.22. The largest absolute Gasteiger partial charge is 0.456 e. The zero-order valence-electron chi connectivity index (χ0n) is 10.2. The van der Waals surface area contributed by atoms with Gasteiger partial charge >= 0.3 is 12.0 Å². The van der Waals surface area contributed by atoms with Crippen LogP contribution in [0.3, 0.4) is 0 Å². The van der Waals surface area contributed by atoms with E-state index in [9.17, 15) is 14.4 Å². The molecule has 0 heterocycles. The molecule has 0 saturated heterocycles. The maximum Gasteiger partial charge on any atom is 0.318 e. The van der Waals surface area contributed by atoms with E-state index < -0.39 is 18.5 Å². The van der Waals surface area contributed by atoms with E-state index in [4.69, 9.17) is 10.5 Å². The van der Waals surface area contributed by atoms with E-state index in [1.54, 1.807) is 0 Å². The van der Waals surface area contributed by atoms with E-state index in [0.29, 0.717) is 18.3 Å². The fourth-order valence-electron chi connectivity index (χ4n) is 3.22. The van der Waals surface area contributed by atoms with Gasteiger partial charge in [0, 0.05) is 6.42 Å². The molecule has 2 aliphatic rings. The Morgan fingerprint density at radius 2 is 2.00 bits per heavy atom. The first-order chi connectivity index (χ1) is 8.54. The fourth-order valence-corrected chi connectivity index (χ4v) is 3.22. The van der Waals surface area contributed by atoms with Crippen LogP contribution in [0.4, 0.5) is 4.79 Å². The quantitative estimate of drug-likeness (QED) is 0.716. The first-order valence-corrected chi connectivity index (χ1v) is 6.29. The minimum Gasteiger partial charge on any atom is -0.456 e. The van der Waals surface area contributed by atoms with E-state index in [2.05, 4.69) is 0 Å². The molecular weight excluding hydrogens is 236 g/mol. The van der Waals surface area contributed by atoms with Crippen LogP contribution in [-0.2, 0) is 14.3 Å². The predicted molar refractivity (Wildman–Crippen MR) is 62.2 cm³/mol. The number of amides is 3. The second kappa shape index (κ2) is 5.37. The molecule has 3 amide bonds. The molecule has 2 bridgehead atoms. The number of carbonyl (C=O) groups is 3. The van der Waals surface area contributed by atoms with Crippen molar-refractivity contribution in [2.75, 3.05) is 6.61 Å². The summed E-state index contributed by atoms with van der Waals surface area (Å²) < 4.78 is 4.82. The normalized spacial score (nSPS) is 29.0. The molecule has 2 fully saturated rings. The summed E-state index contributed by atoms with van der Waals surface area (Å²) in [5, 5.41) is 1.84. The van der Waals surface area contributed by atoms with E-state index in [1.165, 1.54) is 19.3 Å². The van der Waals surface area contributed by atoms with E-state index in [0.717, 1.165) is 12.3 Å². The summed E-state index contributed by atoms with van der Waals surface area (Å²) in [6.45, 7) is -0.442. The fraction of sp³-hybridized carbons (Fsp3) is 0.750. The van der Waals surface area contributed by atoms with Gasteiger partial charge in [0.15, 0.2) is 6.61 Å². The molecule has 2 rings (SSSR count). The Kier molecular flexibility index (Phi) is 3.84. The number of primary amides is 1. The third-order valence-corrected chi connectivity index (χ3v) is 3.94. The van der Waals surface area contributed by atoms with Crippen LogP contribution in [0.25, 0.3) is 0 Å². The lowest BCUT2D eigenvalue weighted by molar-refractivity contribution is -0.149. The van der Waals surface area contributed by atoms with Crippen molar-refractivity contribution < 1.29 is 19.1 Å². The number of hydrogen-bond acceptors (Lipinski definition) is 4. The minimum absolute atomic E-state index is 0.368. The van der Waals surface area contributed by atoms with Gasteiger partial charge in [0.05, 0.1) is 0 Å². The Morgan fingerprint density at radius 3 is 2.56 bits per heavy atom. The topological polar surface area (TPSA) is 98.5 Å². The van der Waals surface area contributed by atoms with Crippen molar-refractivity contribution in [1.82, 2.24) is 5.32 Å². The van der Waals surface area contributed by atoms with Crippen molar-refractivity contribution in [2.45, 2.75) is 32.1 Å². The molecular formula is C12H18N2O4. The molecule has 0 radical (unpaired) electrons. The molecule has 0 unspecified atom stereocenters. The Balaban J connectivity index is 1.66. The van der Waals surface area contributed by atoms with Crippen LogP contribution in [0.15, 0.2) is 0 Å². The van der Waals surface area contributed by atoms with Gasteiger partial charge in [0.2, 0.25) is 0 Å². The van der Waals surface area contributed by atoms with Gasteiger partial charge in [0.1, 0.15) is 0 Å². The summed E-state index contributed by atoms with van der Waals surface area (Å²) in [7, 11) is 0. The lowest BCUT2D eigenvalue weighted by Gasteiger charge is -2.20. The van der Waals surface area contributed by atoms with Crippen molar-refractivity contribution in [3.8, 4) is 0 Å². The first-order valence-electron chi connectivity index (χ1n) is 6.29. The van der Waals surface area contributed by atoms with Crippen molar-refractivity contribution >= 4 is 17.9 Å². The summed E-state index contributed by atoms with van der Waals surface area (Å²) in [5.41, 5.74) is 4.76. The molecule has 6 heteroatoms. The van der Waals surface area contributed by atoms with Crippen LogP contribution in [-0.4, -0.2) is 24.5 Å². The molecule has 0 spiro atoms. The smallest absolute Gasteiger partial charge is 0.318 e. The van der Waals surface area contributed by atoms with Gasteiger partial charge in [-0.15, -0.1) is 0 Å². The van der Waals surface area contributed by atoms with E-state index in [1.807, 2.05) is 5.32 Å². The molecule has 0 aliphatic heterocycles. The third-order valence-electron chi connectivity index (χ3n) is 3.94. The summed E-state index contributed by atoms with van der Waals surface area (Å²) >= 11 is 0. The second-order valence-corrected chi connectivity index (χ2v) is 5.21. The summed E-state index contributed by atoms with van der Waals surface area (Å²) in [4.78, 5) is 33.0. The standard InChI is InChI=1S/C12H18N2O4/c13-12(17)14-10(15)6-18-11(16)5-9-4-7-1-2-8(9)3-7/h7-9H,1-6H2,(H3,13,14,15,17)/t7-,8-,9-/m0/s1. The monoisotopic (exact) mass is 254 g/mol. The Labute approximate surface area is 105 Å². The lowest BCUT2D eigenvalue weighted by Crippen LogP contribution is -2.37. The van der Waals surface area contributed by atoms with Crippen LogP contribution >= 0.6 is 0 Å². The average molecular weight is 254 g/mol. The van der Waals surface area contributed by atoms with Gasteiger partial charge in [-0.3, -0.25) is 14.9 Å². The number of rotatable bonds is 4.